The van der Waals surface area contributed by atoms with Crippen molar-refractivity contribution in [2.75, 3.05) is 6.54 Å². The molecule has 0 bridgehead atoms. The van der Waals surface area contributed by atoms with Crippen LogP contribution in [0.25, 0.3) is 0 Å². The van der Waals surface area contributed by atoms with E-state index in [1.165, 1.54) is 42.5 Å². The molecule has 17 heavy (non-hydrogen) atoms. The molecular weight excluding hydrogens is 206 g/mol. The third kappa shape index (κ3) is 6.25. The molecule has 1 nitrogen and oxygen atoms in total. The topological polar surface area (TPSA) is 12.4 Å². The summed E-state index contributed by atoms with van der Waals surface area (Å²) in [5.41, 5.74) is 4.03. The third-order valence-electron chi connectivity index (χ3n) is 3.04. The monoisotopic (exact) mass is 231 g/mol. The van der Waals surface area contributed by atoms with Crippen molar-refractivity contribution in [2.45, 2.75) is 52.9 Å². The van der Waals surface area contributed by atoms with Gasteiger partial charge in [0.25, 0.3) is 0 Å². The Labute approximate surface area is 106 Å². The first-order valence-electron chi connectivity index (χ1n) is 6.78. The first kappa shape index (κ1) is 14.0. The van der Waals surface area contributed by atoms with Crippen LogP contribution in [0.1, 0.15) is 50.7 Å². The molecule has 0 aliphatic heterocycles. The van der Waals surface area contributed by atoms with E-state index in [1.54, 1.807) is 0 Å². The summed E-state index contributed by atoms with van der Waals surface area (Å²) in [6.45, 7) is 7.45. The molecule has 1 heteroatoms. The van der Waals surface area contributed by atoms with Crippen molar-refractivity contribution >= 4 is 5.71 Å². The van der Waals surface area contributed by atoms with Crippen LogP contribution in [-0.2, 0) is 6.42 Å². The van der Waals surface area contributed by atoms with Crippen molar-refractivity contribution < 1.29 is 0 Å². The first-order valence-corrected chi connectivity index (χ1v) is 6.78. The van der Waals surface area contributed by atoms with Crippen LogP contribution in [0.4, 0.5) is 0 Å². The second-order valence-electron chi connectivity index (χ2n) is 4.81. The van der Waals surface area contributed by atoms with Gasteiger partial charge in [-0.1, -0.05) is 49.6 Å². The Morgan fingerprint density at radius 1 is 1.12 bits per heavy atom. The molecule has 0 unspecified atom stereocenters. The molecule has 0 amide bonds. The van der Waals surface area contributed by atoms with Crippen LogP contribution in [-0.4, -0.2) is 12.3 Å². The van der Waals surface area contributed by atoms with Gasteiger partial charge in [-0.05, 0) is 38.7 Å². The Hall–Kier alpha value is -1.11. The molecule has 0 saturated heterocycles. The second kappa shape index (κ2) is 8.05. The number of rotatable bonds is 7. The normalized spacial score (nSPS) is 11.8. The van der Waals surface area contributed by atoms with E-state index in [-0.39, 0.29) is 0 Å². The fourth-order valence-corrected chi connectivity index (χ4v) is 1.84. The van der Waals surface area contributed by atoms with E-state index < -0.39 is 0 Å². The van der Waals surface area contributed by atoms with Gasteiger partial charge in [0.05, 0.1) is 0 Å². The van der Waals surface area contributed by atoms with E-state index in [0.29, 0.717) is 0 Å². The Kier molecular flexibility index (Phi) is 6.61. The van der Waals surface area contributed by atoms with Gasteiger partial charge in [-0.15, -0.1) is 0 Å². The molecule has 0 radical (unpaired) electrons. The smallest absolute Gasteiger partial charge is 0.0428 e. The molecule has 0 fully saturated rings. The van der Waals surface area contributed by atoms with E-state index >= 15 is 0 Å². The summed E-state index contributed by atoms with van der Waals surface area (Å²) >= 11 is 0. The first-order chi connectivity index (χ1) is 8.22. The molecule has 0 aromatic heterocycles. The summed E-state index contributed by atoms with van der Waals surface area (Å²) in [6, 6.07) is 8.76. The summed E-state index contributed by atoms with van der Waals surface area (Å²) in [6.07, 6.45) is 6.13. The molecule has 0 atom stereocenters. The highest BCUT2D eigenvalue weighted by Crippen LogP contribution is 2.05. The van der Waals surface area contributed by atoms with Gasteiger partial charge < -0.3 is 0 Å². The molecule has 0 saturated carbocycles. The Morgan fingerprint density at radius 2 is 1.82 bits per heavy atom. The lowest BCUT2D eigenvalue weighted by Crippen LogP contribution is -1.96. The van der Waals surface area contributed by atoms with Crippen molar-refractivity contribution in [3.8, 4) is 0 Å². The lowest BCUT2D eigenvalue weighted by atomic mass is 10.1. The average molecular weight is 231 g/mol. The second-order valence-corrected chi connectivity index (χ2v) is 4.81. The zero-order valence-electron chi connectivity index (χ0n) is 11.5. The SMILES string of the molecule is CCCCCC(C)=NCCc1ccc(C)cc1. The van der Waals surface area contributed by atoms with Gasteiger partial charge in [0.1, 0.15) is 0 Å². The summed E-state index contributed by atoms with van der Waals surface area (Å²) in [5, 5.41) is 0. The van der Waals surface area contributed by atoms with Crippen molar-refractivity contribution in [2.24, 2.45) is 4.99 Å². The van der Waals surface area contributed by atoms with E-state index in [9.17, 15) is 0 Å². The van der Waals surface area contributed by atoms with E-state index in [4.69, 9.17) is 0 Å². The highest BCUT2D eigenvalue weighted by molar-refractivity contribution is 5.81. The van der Waals surface area contributed by atoms with E-state index in [0.717, 1.165) is 13.0 Å². The molecule has 0 aliphatic rings. The molecule has 0 heterocycles. The van der Waals surface area contributed by atoms with Crippen molar-refractivity contribution in [1.82, 2.24) is 0 Å². The minimum atomic E-state index is 0.932. The zero-order chi connectivity index (χ0) is 12.5. The van der Waals surface area contributed by atoms with Crippen LogP contribution >= 0.6 is 0 Å². The number of aliphatic imine (C=N–C) groups is 1. The summed E-state index contributed by atoms with van der Waals surface area (Å²) < 4.78 is 0. The van der Waals surface area contributed by atoms with Gasteiger partial charge in [-0.25, -0.2) is 0 Å². The minimum absolute atomic E-state index is 0.932. The molecule has 1 aromatic rings. The molecule has 94 valence electrons. The number of hydrogen-bond donors (Lipinski definition) is 0. The molecule has 0 spiro atoms. The number of aryl methyl sites for hydroxylation is 1. The Balaban J connectivity index is 2.26. The van der Waals surface area contributed by atoms with Crippen LogP contribution in [0.5, 0.6) is 0 Å². The van der Waals surface area contributed by atoms with Crippen LogP contribution in [0.3, 0.4) is 0 Å². The van der Waals surface area contributed by atoms with Crippen LogP contribution in [0, 0.1) is 6.92 Å². The predicted molar refractivity (Wildman–Crippen MR) is 77.0 cm³/mol. The van der Waals surface area contributed by atoms with Gasteiger partial charge in [0.15, 0.2) is 0 Å². The van der Waals surface area contributed by atoms with Crippen LogP contribution in [0.15, 0.2) is 29.3 Å². The predicted octanol–water partition coefficient (Wildman–Crippen LogP) is 4.58. The lowest BCUT2D eigenvalue weighted by molar-refractivity contribution is 0.739. The maximum atomic E-state index is 4.63. The molecule has 1 aromatic carbocycles. The molecule has 0 aliphatic carbocycles. The van der Waals surface area contributed by atoms with E-state index in [1.807, 2.05) is 0 Å². The van der Waals surface area contributed by atoms with Gasteiger partial charge >= 0.3 is 0 Å². The fraction of sp³-hybridized carbons (Fsp3) is 0.562. The van der Waals surface area contributed by atoms with Crippen LogP contribution in [0.2, 0.25) is 0 Å². The summed E-state index contributed by atoms with van der Waals surface area (Å²) in [4.78, 5) is 4.63. The maximum Gasteiger partial charge on any atom is 0.0428 e. The van der Waals surface area contributed by atoms with Crippen LogP contribution < -0.4 is 0 Å². The highest BCUT2D eigenvalue weighted by Gasteiger charge is 1.94. The van der Waals surface area contributed by atoms with Crippen molar-refractivity contribution in [1.29, 1.82) is 0 Å². The summed E-state index contributed by atoms with van der Waals surface area (Å²) in [7, 11) is 0. The number of hydrogen-bond acceptors (Lipinski definition) is 1. The van der Waals surface area contributed by atoms with Gasteiger partial charge in [0.2, 0.25) is 0 Å². The summed E-state index contributed by atoms with van der Waals surface area (Å²) in [5.74, 6) is 0. The molecular formula is C16H25N. The van der Waals surface area contributed by atoms with Gasteiger partial charge in [-0.3, -0.25) is 4.99 Å². The third-order valence-corrected chi connectivity index (χ3v) is 3.04. The largest absolute Gasteiger partial charge is 0.294 e. The lowest BCUT2D eigenvalue weighted by Gasteiger charge is -2.02. The minimum Gasteiger partial charge on any atom is -0.294 e. The van der Waals surface area contributed by atoms with E-state index in [2.05, 4.69) is 50.0 Å². The van der Waals surface area contributed by atoms with Crippen molar-refractivity contribution in [3.05, 3.63) is 35.4 Å². The standard InChI is InChI=1S/C16H25N/c1-4-5-6-7-15(3)17-13-12-16-10-8-14(2)9-11-16/h8-11H,4-7,12-13H2,1-3H3. The average Bonchev–Trinajstić information content (AvgIpc) is 2.32. The molecule has 1 rings (SSSR count). The zero-order valence-corrected chi connectivity index (χ0v) is 11.5. The quantitative estimate of drug-likeness (QED) is 0.481. The number of nitrogens with zero attached hydrogens (tertiary/aromatic N) is 1. The molecule has 0 N–H and O–H groups in total. The fourth-order valence-electron chi connectivity index (χ4n) is 1.84. The van der Waals surface area contributed by atoms with Gasteiger partial charge in [0, 0.05) is 12.3 Å². The van der Waals surface area contributed by atoms with Crippen molar-refractivity contribution in [3.63, 3.8) is 0 Å². The van der Waals surface area contributed by atoms with Gasteiger partial charge in [-0.2, -0.15) is 0 Å². The Morgan fingerprint density at radius 3 is 2.47 bits per heavy atom. The number of unbranched alkanes of at least 4 members (excludes halogenated alkanes) is 2. The maximum absolute atomic E-state index is 4.63. The number of benzene rings is 1. The highest BCUT2D eigenvalue weighted by atomic mass is 14.7. The Bertz CT molecular complexity index is 335.